The van der Waals surface area contributed by atoms with Crippen molar-refractivity contribution in [1.29, 1.82) is 0 Å². The number of benzene rings is 1. The van der Waals surface area contributed by atoms with Gasteiger partial charge in [-0.25, -0.2) is 0 Å². The van der Waals surface area contributed by atoms with Crippen LogP contribution in [0.5, 0.6) is 0 Å². The van der Waals surface area contributed by atoms with E-state index in [1.54, 1.807) is 0 Å². The van der Waals surface area contributed by atoms with Crippen LogP contribution in [0.4, 0.5) is 0 Å². The molecule has 31 heavy (non-hydrogen) atoms. The molecule has 3 heterocycles. The fraction of sp³-hybridized carbons (Fsp3) is 0.593. The van der Waals surface area contributed by atoms with Crippen LogP contribution in [-0.2, 0) is 26.1 Å². The zero-order valence-corrected chi connectivity index (χ0v) is 18.9. The van der Waals surface area contributed by atoms with Gasteiger partial charge in [0.25, 0.3) is 0 Å². The topological polar surface area (TPSA) is 51.3 Å². The Balaban J connectivity index is 1.39. The van der Waals surface area contributed by atoms with Gasteiger partial charge in [0, 0.05) is 28.4 Å². The molecule has 5 aliphatic rings. The number of para-hydroxylation sites is 1. The second-order valence-electron chi connectivity index (χ2n) is 11.6. The quantitative estimate of drug-likeness (QED) is 0.640. The van der Waals surface area contributed by atoms with Crippen LogP contribution in [0.15, 0.2) is 35.9 Å². The van der Waals surface area contributed by atoms with E-state index in [0.29, 0.717) is 11.8 Å². The lowest BCUT2D eigenvalue weighted by atomic mass is 9.44. The van der Waals surface area contributed by atoms with Gasteiger partial charge in [0.2, 0.25) is 0 Å². The lowest BCUT2D eigenvalue weighted by Gasteiger charge is -2.61. The minimum absolute atomic E-state index is 0.0563. The van der Waals surface area contributed by atoms with Crippen LogP contribution in [0.2, 0.25) is 0 Å². The number of ether oxygens (including phenoxy) is 2. The number of aromatic amines is 1. The number of H-pyrrole nitrogens is 1. The van der Waals surface area contributed by atoms with E-state index in [1.165, 1.54) is 28.6 Å². The molecule has 1 saturated heterocycles. The molecule has 0 amide bonds. The highest BCUT2D eigenvalue weighted by Crippen LogP contribution is 2.70. The predicted octanol–water partition coefficient (Wildman–Crippen LogP) is 5.21. The molecule has 0 radical (unpaired) electrons. The molecule has 5 unspecified atom stereocenters. The molecule has 3 aliphatic carbocycles. The number of carbonyl (C=O) groups excluding carboxylic acids is 1. The molecule has 6 atom stereocenters. The van der Waals surface area contributed by atoms with Gasteiger partial charge in [-0.2, -0.15) is 0 Å². The second-order valence-corrected chi connectivity index (χ2v) is 11.6. The Bertz CT molecular complexity index is 1190. The van der Waals surface area contributed by atoms with Gasteiger partial charge < -0.3 is 14.5 Å². The van der Waals surface area contributed by atoms with Crippen LogP contribution in [0.25, 0.3) is 10.9 Å². The summed E-state index contributed by atoms with van der Waals surface area (Å²) in [7, 11) is 0. The minimum atomic E-state index is -0.697. The Labute approximate surface area is 183 Å². The summed E-state index contributed by atoms with van der Waals surface area (Å²) in [5, 5.41) is 1.39. The molecule has 2 saturated carbocycles. The number of hydrogen-bond donors (Lipinski definition) is 1. The normalized spacial score (nSPS) is 44.5. The van der Waals surface area contributed by atoms with Crippen molar-refractivity contribution in [2.75, 3.05) is 0 Å². The van der Waals surface area contributed by atoms with Crippen molar-refractivity contribution < 1.29 is 14.3 Å². The molecule has 1 aromatic heterocycles. The fourth-order valence-electron chi connectivity index (χ4n) is 8.38. The van der Waals surface area contributed by atoms with Crippen LogP contribution < -0.4 is 0 Å². The molecule has 3 fully saturated rings. The van der Waals surface area contributed by atoms with E-state index < -0.39 is 17.5 Å². The van der Waals surface area contributed by atoms with Crippen LogP contribution in [0, 0.1) is 17.3 Å². The number of fused-ring (bicyclic) bond motifs is 9. The maximum absolute atomic E-state index is 13.0. The highest BCUT2D eigenvalue weighted by Gasteiger charge is 2.69. The molecule has 4 heteroatoms. The number of carbonyl (C=O) groups is 1. The second kappa shape index (κ2) is 5.35. The Hall–Kier alpha value is -1.91. The molecule has 162 valence electrons. The minimum Gasteiger partial charge on any atom is -0.358 e. The zero-order chi connectivity index (χ0) is 21.4. The van der Waals surface area contributed by atoms with Gasteiger partial charge in [0.05, 0.1) is 0 Å². The van der Waals surface area contributed by atoms with Gasteiger partial charge in [0.15, 0.2) is 17.7 Å². The SMILES string of the molecule is CC1(C)OC23CCC4(C)C(CCC5Cc6c([nH]c7ccccc67)[C@@]54C)C2=CC(=O)C1O3. The first-order valence-corrected chi connectivity index (χ1v) is 11.9. The number of nitrogens with one attached hydrogen (secondary N) is 1. The summed E-state index contributed by atoms with van der Waals surface area (Å²) in [6.07, 6.45) is 6.78. The van der Waals surface area contributed by atoms with Crippen molar-refractivity contribution >= 4 is 16.7 Å². The molecule has 2 bridgehead atoms. The average molecular weight is 418 g/mol. The number of aromatic nitrogens is 1. The molecular weight excluding hydrogens is 386 g/mol. The van der Waals surface area contributed by atoms with Crippen molar-refractivity contribution in [2.45, 2.75) is 82.7 Å². The van der Waals surface area contributed by atoms with Gasteiger partial charge in [-0.05, 0) is 80.1 Å². The summed E-state index contributed by atoms with van der Waals surface area (Å²) in [5.74, 6) is 0.335. The summed E-state index contributed by atoms with van der Waals surface area (Å²) in [6.45, 7) is 8.98. The summed E-state index contributed by atoms with van der Waals surface area (Å²) < 4.78 is 13.0. The third kappa shape index (κ3) is 1.95. The fourth-order valence-corrected chi connectivity index (χ4v) is 8.38. The van der Waals surface area contributed by atoms with Crippen molar-refractivity contribution in [2.24, 2.45) is 17.3 Å². The van der Waals surface area contributed by atoms with E-state index in [4.69, 9.17) is 9.47 Å². The number of ketones is 1. The van der Waals surface area contributed by atoms with Crippen LogP contribution in [0.1, 0.15) is 64.6 Å². The molecular formula is C27H31NO3. The van der Waals surface area contributed by atoms with Gasteiger partial charge in [-0.1, -0.05) is 32.0 Å². The van der Waals surface area contributed by atoms with E-state index in [2.05, 4.69) is 43.1 Å². The van der Waals surface area contributed by atoms with E-state index >= 15 is 0 Å². The van der Waals surface area contributed by atoms with Crippen LogP contribution in [0.3, 0.4) is 0 Å². The van der Waals surface area contributed by atoms with Crippen molar-refractivity contribution in [1.82, 2.24) is 4.98 Å². The molecule has 2 aromatic rings. The highest BCUT2D eigenvalue weighted by atomic mass is 16.8. The third-order valence-corrected chi connectivity index (χ3v) is 10.1. The first-order valence-electron chi connectivity index (χ1n) is 11.9. The monoisotopic (exact) mass is 417 g/mol. The van der Waals surface area contributed by atoms with E-state index in [0.717, 1.165) is 31.3 Å². The Morgan fingerprint density at radius 3 is 2.71 bits per heavy atom. The summed E-state index contributed by atoms with van der Waals surface area (Å²) >= 11 is 0. The van der Waals surface area contributed by atoms with Crippen molar-refractivity contribution in [3.63, 3.8) is 0 Å². The molecule has 1 aromatic carbocycles. The first-order chi connectivity index (χ1) is 14.7. The number of hydrogen-bond acceptors (Lipinski definition) is 3. The van der Waals surface area contributed by atoms with Gasteiger partial charge in [-0.15, -0.1) is 0 Å². The molecule has 2 aliphatic heterocycles. The van der Waals surface area contributed by atoms with Crippen LogP contribution in [-0.4, -0.2) is 28.3 Å². The van der Waals surface area contributed by atoms with E-state index in [1.807, 2.05) is 19.9 Å². The highest BCUT2D eigenvalue weighted by molar-refractivity contribution is 5.97. The summed E-state index contributed by atoms with van der Waals surface area (Å²) in [5.41, 5.74) is 4.89. The van der Waals surface area contributed by atoms with Gasteiger partial charge >= 0.3 is 0 Å². The zero-order valence-electron chi connectivity index (χ0n) is 18.9. The van der Waals surface area contributed by atoms with Crippen molar-refractivity contribution in [3.8, 4) is 0 Å². The first kappa shape index (κ1) is 18.6. The van der Waals surface area contributed by atoms with Gasteiger partial charge in [0.1, 0.15) is 5.60 Å². The molecule has 1 spiro atoms. The molecule has 1 N–H and O–H groups in total. The standard InChI is InChI=1S/C27H31NO3/c1-24(2)23-21(29)14-19-18-10-9-15-13-17-16-7-5-6-8-20(16)28-22(17)26(15,4)25(18,3)11-12-27(19,30-23)31-24/h5-8,14-15,18,23,28H,9-13H2,1-4H3/t15?,18?,23?,25?,26-,27?/m1/s1. The summed E-state index contributed by atoms with van der Waals surface area (Å²) in [4.78, 5) is 16.9. The molecule has 4 nitrogen and oxygen atoms in total. The Morgan fingerprint density at radius 1 is 1.06 bits per heavy atom. The van der Waals surface area contributed by atoms with E-state index in [9.17, 15) is 4.79 Å². The van der Waals surface area contributed by atoms with Crippen LogP contribution >= 0.6 is 0 Å². The Kier molecular flexibility index (Phi) is 3.22. The number of rotatable bonds is 0. The lowest BCUT2D eigenvalue weighted by Crippen LogP contribution is -2.60. The average Bonchev–Trinajstić information content (AvgIpc) is 3.31. The third-order valence-electron chi connectivity index (χ3n) is 10.1. The lowest BCUT2D eigenvalue weighted by molar-refractivity contribution is -0.205. The maximum Gasteiger partial charge on any atom is 0.193 e. The van der Waals surface area contributed by atoms with Gasteiger partial charge in [-0.3, -0.25) is 4.79 Å². The Morgan fingerprint density at radius 2 is 1.87 bits per heavy atom. The predicted molar refractivity (Wildman–Crippen MR) is 119 cm³/mol. The van der Waals surface area contributed by atoms with Crippen molar-refractivity contribution in [3.05, 3.63) is 47.2 Å². The molecule has 7 rings (SSSR count). The van der Waals surface area contributed by atoms with E-state index in [-0.39, 0.29) is 16.6 Å². The smallest absolute Gasteiger partial charge is 0.193 e. The maximum atomic E-state index is 13.0. The largest absolute Gasteiger partial charge is 0.358 e. The summed E-state index contributed by atoms with van der Waals surface area (Å²) in [6, 6.07) is 8.75.